The van der Waals surface area contributed by atoms with E-state index in [-0.39, 0.29) is 11.7 Å². The van der Waals surface area contributed by atoms with Gasteiger partial charge in [-0.15, -0.1) is 11.3 Å². The second-order valence-electron chi connectivity index (χ2n) is 5.44. The fourth-order valence-electron chi connectivity index (χ4n) is 2.52. The molecule has 0 aliphatic heterocycles. The molecule has 0 saturated carbocycles. The van der Waals surface area contributed by atoms with Crippen LogP contribution in [0.2, 0.25) is 0 Å². The Bertz CT molecular complexity index is 882. The Labute approximate surface area is 132 Å². The second-order valence-corrected chi connectivity index (χ2v) is 6.49. The van der Waals surface area contributed by atoms with E-state index in [0.717, 1.165) is 21.5 Å². The van der Waals surface area contributed by atoms with Gasteiger partial charge >= 0.3 is 0 Å². The van der Waals surface area contributed by atoms with Gasteiger partial charge in [-0.2, -0.15) is 0 Å². The summed E-state index contributed by atoms with van der Waals surface area (Å²) in [5.74, 6) is -0.469. The summed E-state index contributed by atoms with van der Waals surface area (Å²) in [5, 5.41) is 3.48. The number of carbonyl (C=O) groups is 1. The molecule has 4 heteroatoms. The van der Waals surface area contributed by atoms with E-state index in [0.29, 0.717) is 15.8 Å². The molecule has 0 fully saturated rings. The molecular weight excluding hydrogens is 297 g/mol. The Morgan fingerprint density at radius 1 is 1.14 bits per heavy atom. The van der Waals surface area contributed by atoms with Crippen LogP contribution >= 0.6 is 11.3 Å². The summed E-state index contributed by atoms with van der Waals surface area (Å²) < 4.78 is 14.7. The Hall–Kier alpha value is -2.20. The number of rotatable bonds is 2. The van der Waals surface area contributed by atoms with Crippen molar-refractivity contribution in [2.45, 2.75) is 20.8 Å². The van der Waals surface area contributed by atoms with Crippen LogP contribution in [0.4, 0.5) is 10.1 Å². The van der Waals surface area contributed by atoms with Gasteiger partial charge in [0.25, 0.3) is 5.91 Å². The number of hydrogen-bond donors (Lipinski definition) is 1. The van der Waals surface area contributed by atoms with Crippen LogP contribution in [-0.4, -0.2) is 5.91 Å². The highest BCUT2D eigenvalue weighted by Crippen LogP contribution is 2.33. The predicted octanol–water partition coefficient (Wildman–Crippen LogP) is 5.22. The average Bonchev–Trinajstić information content (AvgIpc) is 2.81. The molecule has 0 spiro atoms. The summed E-state index contributed by atoms with van der Waals surface area (Å²) in [6.07, 6.45) is 0. The Morgan fingerprint density at radius 2 is 1.91 bits per heavy atom. The molecular formula is C18H16FNOS. The summed E-state index contributed by atoms with van der Waals surface area (Å²) in [6.45, 7) is 5.72. The van der Waals surface area contributed by atoms with Crippen molar-refractivity contribution in [1.82, 2.24) is 0 Å². The second kappa shape index (κ2) is 5.54. The molecule has 22 heavy (non-hydrogen) atoms. The molecule has 1 aromatic heterocycles. The van der Waals surface area contributed by atoms with Gasteiger partial charge in [-0.3, -0.25) is 4.79 Å². The summed E-state index contributed by atoms with van der Waals surface area (Å²) in [7, 11) is 0. The zero-order chi connectivity index (χ0) is 15.9. The highest BCUT2D eigenvalue weighted by Gasteiger charge is 2.18. The largest absolute Gasteiger partial charge is 0.321 e. The monoisotopic (exact) mass is 313 g/mol. The maximum absolute atomic E-state index is 13.9. The van der Waals surface area contributed by atoms with Crippen molar-refractivity contribution in [1.29, 1.82) is 0 Å². The third kappa shape index (κ3) is 2.50. The van der Waals surface area contributed by atoms with Gasteiger partial charge in [-0.1, -0.05) is 18.2 Å². The van der Waals surface area contributed by atoms with Crippen LogP contribution in [0.15, 0.2) is 36.4 Å². The van der Waals surface area contributed by atoms with E-state index >= 15 is 0 Å². The summed E-state index contributed by atoms with van der Waals surface area (Å²) in [5.41, 5.74) is 3.58. The van der Waals surface area contributed by atoms with Crippen LogP contribution in [0, 0.1) is 26.6 Å². The first-order chi connectivity index (χ1) is 10.5. The van der Waals surface area contributed by atoms with Crippen LogP contribution < -0.4 is 5.32 Å². The Balaban J connectivity index is 2.01. The number of nitrogens with one attached hydrogen (secondary N) is 1. The minimum Gasteiger partial charge on any atom is -0.321 e. The molecule has 0 aliphatic rings. The van der Waals surface area contributed by atoms with Gasteiger partial charge in [-0.05, 0) is 55.7 Å². The third-order valence-electron chi connectivity index (χ3n) is 3.75. The van der Waals surface area contributed by atoms with Gasteiger partial charge in [0.05, 0.1) is 4.88 Å². The molecule has 112 valence electrons. The predicted molar refractivity (Wildman–Crippen MR) is 90.4 cm³/mol. The first kappa shape index (κ1) is 14.7. The molecule has 2 aromatic carbocycles. The van der Waals surface area contributed by atoms with E-state index in [1.165, 1.54) is 17.4 Å². The molecule has 0 radical (unpaired) electrons. The topological polar surface area (TPSA) is 29.1 Å². The van der Waals surface area contributed by atoms with Gasteiger partial charge in [-0.25, -0.2) is 4.39 Å². The van der Waals surface area contributed by atoms with E-state index in [1.54, 1.807) is 13.0 Å². The van der Waals surface area contributed by atoms with Gasteiger partial charge in [0.2, 0.25) is 0 Å². The number of hydrogen-bond acceptors (Lipinski definition) is 2. The van der Waals surface area contributed by atoms with Gasteiger partial charge < -0.3 is 5.32 Å². The highest BCUT2D eigenvalue weighted by atomic mass is 32.1. The molecule has 0 aliphatic carbocycles. The third-order valence-corrected chi connectivity index (χ3v) is 5.01. The molecule has 3 rings (SSSR count). The average molecular weight is 313 g/mol. The minimum absolute atomic E-state index is 0.188. The van der Waals surface area contributed by atoms with Crippen LogP contribution in [0.5, 0.6) is 0 Å². The molecule has 0 atom stereocenters. The maximum atomic E-state index is 13.9. The fraction of sp³-hybridized carbons (Fsp3) is 0.167. The van der Waals surface area contributed by atoms with Gasteiger partial charge in [0.15, 0.2) is 0 Å². The lowest BCUT2D eigenvalue weighted by molar-refractivity contribution is 0.103. The number of aryl methyl sites for hydroxylation is 3. The molecule has 2 nitrogen and oxygen atoms in total. The van der Waals surface area contributed by atoms with Gasteiger partial charge in [0, 0.05) is 15.8 Å². The number of halogens is 1. The fourth-order valence-corrected chi connectivity index (χ4v) is 3.64. The summed E-state index contributed by atoms with van der Waals surface area (Å²) >= 11 is 1.32. The molecule has 3 aromatic rings. The lowest BCUT2D eigenvalue weighted by atomic mass is 10.1. The van der Waals surface area contributed by atoms with Crippen LogP contribution in [0.1, 0.15) is 26.4 Å². The zero-order valence-electron chi connectivity index (χ0n) is 12.7. The number of thiophene rings is 1. The lowest BCUT2D eigenvalue weighted by Gasteiger charge is -2.09. The zero-order valence-corrected chi connectivity index (χ0v) is 13.5. The van der Waals surface area contributed by atoms with Crippen LogP contribution in [0.25, 0.3) is 10.1 Å². The van der Waals surface area contributed by atoms with Crippen molar-refractivity contribution < 1.29 is 9.18 Å². The van der Waals surface area contributed by atoms with Gasteiger partial charge in [0.1, 0.15) is 5.82 Å². The van der Waals surface area contributed by atoms with Crippen LogP contribution in [0.3, 0.4) is 0 Å². The van der Waals surface area contributed by atoms with Crippen molar-refractivity contribution >= 4 is 33.0 Å². The van der Waals surface area contributed by atoms with Crippen molar-refractivity contribution in [3.63, 3.8) is 0 Å². The van der Waals surface area contributed by atoms with E-state index in [9.17, 15) is 9.18 Å². The molecule has 1 amide bonds. The molecule has 1 N–H and O–H groups in total. The first-order valence-electron chi connectivity index (χ1n) is 7.03. The maximum Gasteiger partial charge on any atom is 0.266 e. The smallest absolute Gasteiger partial charge is 0.266 e. The first-order valence-corrected chi connectivity index (χ1v) is 7.85. The van der Waals surface area contributed by atoms with Crippen molar-refractivity contribution in [3.05, 3.63) is 63.8 Å². The van der Waals surface area contributed by atoms with Crippen molar-refractivity contribution in [2.75, 3.05) is 5.32 Å². The highest BCUT2D eigenvalue weighted by molar-refractivity contribution is 7.21. The molecule has 0 bridgehead atoms. The van der Waals surface area contributed by atoms with Crippen molar-refractivity contribution in [2.24, 2.45) is 0 Å². The van der Waals surface area contributed by atoms with E-state index < -0.39 is 0 Å². The number of fused-ring (bicyclic) bond motifs is 1. The van der Waals surface area contributed by atoms with Crippen LogP contribution in [-0.2, 0) is 0 Å². The van der Waals surface area contributed by atoms with Crippen molar-refractivity contribution in [3.8, 4) is 0 Å². The normalized spacial score (nSPS) is 10.9. The number of anilines is 1. The quantitative estimate of drug-likeness (QED) is 0.690. The van der Waals surface area contributed by atoms with E-state index in [4.69, 9.17) is 0 Å². The molecule has 1 heterocycles. The van der Waals surface area contributed by atoms with E-state index in [1.807, 2.05) is 38.1 Å². The van der Waals surface area contributed by atoms with E-state index in [2.05, 4.69) is 5.32 Å². The number of benzene rings is 2. The SMILES string of the molecule is Cc1ccc(C)c(NC(=O)c2sc3cccc(F)c3c2C)c1. The standard InChI is InChI=1S/C18H16FNOS/c1-10-7-8-11(2)14(9-10)20-18(21)17-12(3)16-13(19)5-4-6-15(16)22-17/h4-9H,1-3H3,(H,20,21). The number of carbonyl (C=O) groups excluding carboxylic acids is 1. The minimum atomic E-state index is -0.281. The Kier molecular flexibility index (Phi) is 3.71. The summed E-state index contributed by atoms with van der Waals surface area (Å²) in [4.78, 5) is 13.1. The molecule has 0 saturated heterocycles. The Morgan fingerprint density at radius 3 is 2.64 bits per heavy atom. The summed E-state index contributed by atoms with van der Waals surface area (Å²) in [6, 6.07) is 10.9. The lowest BCUT2D eigenvalue weighted by Crippen LogP contribution is -2.12. The molecule has 0 unspecified atom stereocenters. The number of amides is 1.